The van der Waals surface area contributed by atoms with E-state index in [1.54, 1.807) is 0 Å². The van der Waals surface area contributed by atoms with E-state index < -0.39 is 5.60 Å². The molecule has 0 spiro atoms. The zero-order valence-electron chi connectivity index (χ0n) is 6.31. The molecule has 2 nitrogen and oxygen atoms in total. The maximum Gasteiger partial charge on any atom is 0.118 e. The average molecular weight is 182 g/mol. The van der Waals surface area contributed by atoms with Gasteiger partial charge in [-0.05, 0) is 19.3 Å². The molecule has 2 unspecified atom stereocenters. The van der Waals surface area contributed by atoms with Crippen molar-refractivity contribution in [1.82, 2.24) is 0 Å². The predicted octanol–water partition coefficient (Wildman–Crippen LogP) is 1.03. The first-order valence-corrected chi connectivity index (χ1v) is 3.67. The summed E-state index contributed by atoms with van der Waals surface area (Å²) in [5.74, 6) is 0. The van der Waals surface area contributed by atoms with Gasteiger partial charge in [0.2, 0.25) is 0 Å². The molecule has 2 N–H and O–H groups in total. The van der Waals surface area contributed by atoms with Crippen molar-refractivity contribution in [2.45, 2.75) is 30.4 Å². The molecule has 1 saturated heterocycles. The fraction of sp³-hybridized carbons (Fsp3) is 1.00. The fourth-order valence-electron chi connectivity index (χ4n) is 1.99. The van der Waals surface area contributed by atoms with E-state index in [9.17, 15) is 4.39 Å². The number of fused-ring (bicyclic) bond motifs is 2. The summed E-state index contributed by atoms with van der Waals surface area (Å²) in [5.41, 5.74) is 5.20. The summed E-state index contributed by atoms with van der Waals surface area (Å²) in [7, 11) is 0. The molecular formula is C7H13ClFNO. The maximum atomic E-state index is 12.4. The Balaban J connectivity index is 0.000000605. The highest BCUT2D eigenvalue weighted by atomic mass is 35.5. The summed E-state index contributed by atoms with van der Waals surface area (Å²) in [6, 6.07) is 0. The Morgan fingerprint density at radius 3 is 2.36 bits per heavy atom. The van der Waals surface area contributed by atoms with Gasteiger partial charge >= 0.3 is 0 Å². The third kappa shape index (κ3) is 1.25. The van der Waals surface area contributed by atoms with Gasteiger partial charge in [-0.3, -0.25) is 0 Å². The third-order valence-corrected chi connectivity index (χ3v) is 2.66. The van der Waals surface area contributed by atoms with Gasteiger partial charge in [0, 0.05) is 5.54 Å². The number of rotatable bonds is 1. The van der Waals surface area contributed by atoms with E-state index in [0.717, 1.165) is 19.3 Å². The van der Waals surface area contributed by atoms with Crippen LogP contribution >= 0.6 is 12.4 Å². The lowest BCUT2D eigenvalue weighted by Gasteiger charge is -2.23. The lowest BCUT2D eigenvalue weighted by molar-refractivity contribution is -0.0347. The van der Waals surface area contributed by atoms with Crippen LogP contribution in [-0.2, 0) is 4.74 Å². The van der Waals surface area contributed by atoms with Gasteiger partial charge in [0.05, 0.1) is 12.2 Å². The quantitative estimate of drug-likeness (QED) is 0.656. The second-order valence-corrected chi connectivity index (χ2v) is 3.64. The van der Waals surface area contributed by atoms with E-state index in [-0.39, 0.29) is 24.6 Å². The molecule has 4 heteroatoms. The largest absolute Gasteiger partial charge is 0.370 e. The van der Waals surface area contributed by atoms with Crippen molar-refractivity contribution in [3.63, 3.8) is 0 Å². The molecule has 2 fully saturated rings. The first-order chi connectivity index (χ1) is 4.68. The molecule has 0 aromatic rings. The molecule has 2 aliphatic rings. The Labute approximate surface area is 71.7 Å². The Bertz CT molecular complexity index is 157. The van der Waals surface area contributed by atoms with Crippen LogP contribution in [0, 0.1) is 0 Å². The minimum atomic E-state index is -0.477. The normalized spacial score (nSPS) is 47.5. The Morgan fingerprint density at radius 1 is 1.45 bits per heavy atom. The van der Waals surface area contributed by atoms with Crippen molar-refractivity contribution in [3.8, 4) is 0 Å². The SMILES string of the molecule is Cl.NC12CCC(CF)(C1)OC2. The van der Waals surface area contributed by atoms with Gasteiger partial charge < -0.3 is 10.5 Å². The molecular weight excluding hydrogens is 169 g/mol. The van der Waals surface area contributed by atoms with Crippen molar-refractivity contribution in [3.05, 3.63) is 0 Å². The van der Waals surface area contributed by atoms with Gasteiger partial charge in [-0.1, -0.05) is 0 Å². The number of hydrogen-bond acceptors (Lipinski definition) is 2. The van der Waals surface area contributed by atoms with Crippen LogP contribution in [-0.4, -0.2) is 24.4 Å². The molecule has 2 rings (SSSR count). The second-order valence-electron chi connectivity index (χ2n) is 3.64. The van der Waals surface area contributed by atoms with Crippen molar-refractivity contribution in [2.24, 2.45) is 5.73 Å². The number of hydrogen-bond donors (Lipinski definition) is 1. The van der Waals surface area contributed by atoms with Crippen molar-refractivity contribution >= 4 is 12.4 Å². The summed E-state index contributed by atoms with van der Waals surface area (Å²) in [4.78, 5) is 0. The summed E-state index contributed by atoms with van der Waals surface area (Å²) < 4.78 is 17.7. The minimum absolute atomic E-state index is 0. The smallest absolute Gasteiger partial charge is 0.118 e. The first-order valence-electron chi connectivity index (χ1n) is 3.67. The van der Waals surface area contributed by atoms with Crippen molar-refractivity contribution < 1.29 is 9.13 Å². The van der Waals surface area contributed by atoms with Crippen LogP contribution in [0.3, 0.4) is 0 Å². The van der Waals surface area contributed by atoms with Crippen LogP contribution < -0.4 is 5.73 Å². The van der Waals surface area contributed by atoms with Crippen LogP contribution in [0.1, 0.15) is 19.3 Å². The van der Waals surface area contributed by atoms with Crippen LogP contribution in [0.2, 0.25) is 0 Å². The molecule has 2 atom stereocenters. The molecule has 11 heavy (non-hydrogen) atoms. The number of ether oxygens (including phenoxy) is 1. The standard InChI is InChI=1S/C7H12FNO.ClH/c8-4-7-2-1-6(9,3-7)5-10-7;/h1-5,9H2;1H. The molecule has 1 aliphatic heterocycles. The number of halogens is 2. The lowest BCUT2D eigenvalue weighted by atomic mass is 10.0. The number of alkyl halides is 1. The summed E-state index contributed by atoms with van der Waals surface area (Å²) in [5, 5.41) is 0. The minimum Gasteiger partial charge on any atom is -0.370 e. The Hall–Kier alpha value is 0.140. The van der Waals surface area contributed by atoms with E-state index in [4.69, 9.17) is 10.5 Å². The Kier molecular flexibility index (Phi) is 2.16. The highest BCUT2D eigenvalue weighted by molar-refractivity contribution is 5.85. The maximum absolute atomic E-state index is 12.4. The lowest BCUT2D eigenvalue weighted by Crippen LogP contribution is -2.38. The van der Waals surface area contributed by atoms with Crippen LogP contribution in [0.4, 0.5) is 4.39 Å². The summed E-state index contributed by atoms with van der Waals surface area (Å²) in [6.07, 6.45) is 2.45. The topological polar surface area (TPSA) is 35.2 Å². The van der Waals surface area contributed by atoms with Gasteiger partial charge in [-0.25, -0.2) is 4.39 Å². The van der Waals surface area contributed by atoms with Crippen molar-refractivity contribution in [1.29, 1.82) is 0 Å². The third-order valence-electron chi connectivity index (χ3n) is 2.66. The molecule has 66 valence electrons. The summed E-state index contributed by atoms with van der Waals surface area (Å²) in [6.45, 7) is 0.183. The molecule has 1 heterocycles. The Morgan fingerprint density at radius 2 is 2.18 bits per heavy atom. The molecule has 0 aromatic carbocycles. The molecule has 2 bridgehead atoms. The predicted molar refractivity (Wildman–Crippen MR) is 42.7 cm³/mol. The molecule has 1 saturated carbocycles. The van der Waals surface area contributed by atoms with Crippen LogP contribution in [0.5, 0.6) is 0 Å². The van der Waals surface area contributed by atoms with Crippen LogP contribution in [0.15, 0.2) is 0 Å². The molecule has 0 radical (unpaired) electrons. The van der Waals surface area contributed by atoms with E-state index >= 15 is 0 Å². The molecule has 0 aromatic heterocycles. The van der Waals surface area contributed by atoms with E-state index in [0.29, 0.717) is 6.61 Å². The fourth-order valence-corrected chi connectivity index (χ4v) is 1.99. The van der Waals surface area contributed by atoms with Gasteiger partial charge in [0.1, 0.15) is 6.67 Å². The molecule has 0 amide bonds. The van der Waals surface area contributed by atoms with Gasteiger partial charge in [0.25, 0.3) is 0 Å². The van der Waals surface area contributed by atoms with Gasteiger partial charge in [0.15, 0.2) is 0 Å². The highest BCUT2D eigenvalue weighted by Gasteiger charge is 2.53. The zero-order chi connectivity index (χ0) is 7.24. The monoisotopic (exact) mass is 181 g/mol. The van der Waals surface area contributed by atoms with E-state index in [1.807, 2.05) is 0 Å². The van der Waals surface area contributed by atoms with E-state index in [1.165, 1.54) is 0 Å². The van der Waals surface area contributed by atoms with Crippen molar-refractivity contribution in [2.75, 3.05) is 13.3 Å². The highest BCUT2D eigenvalue weighted by Crippen LogP contribution is 2.45. The zero-order valence-corrected chi connectivity index (χ0v) is 7.12. The second kappa shape index (κ2) is 2.57. The van der Waals surface area contributed by atoms with Gasteiger partial charge in [-0.15, -0.1) is 12.4 Å². The van der Waals surface area contributed by atoms with Gasteiger partial charge in [-0.2, -0.15) is 0 Å². The summed E-state index contributed by atoms with van der Waals surface area (Å²) >= 11 is 0. The van der Waals surface area contributed by atoms with Crippen LogP contribution in [0.25, 0.3) is 0 Å². The first kappa shape index (κ1) is 9.23. The molecule has 1 aliphatic carbocycles. The average Bonchev–Trinajstić information content (AvgIpc) is 2.42. The number of nitrogens with two attached hydrogens (primary N) is 1. The van der Waals surface area contributed by atoms with E-state index in [2.05, 4.69) is 0 Å².